The second-order valence-electron chi connectivity index (χ2n) is 5.24. The first kappa shape index (κ1) is 13.1. The summed E-state index contributed by atoms with van der Waals surface area (Å²) in [4.78, 5) is 16.8. The van der Waals surface area contributed by atoms with Crippen molar-refractivity contribution in [1.29, 1.82) is 0 Å². The molecule has 0 radical (unpaired) electrons. The molecule has 2 aromatic rings. The van der Waals surface area contributed by atoms with E-state index in [1.807, 2.05) is 12.1 Å². The van der Waals surface area contributed by atoms with Crippen molar-refractivity contribution >= 4 is 5.65 Å². The second-order valence-corrected chi connectivity index (χ2v) is 5.24. The maximum atomic E-state index is 12.2. The van der Waals surface area contributed by atoms with Crippen LogP contribution in [0.4, 0.5) is 0 Å². The van der Waals surface area contributed by atoms with Crippen LogP contribution in [0.5, 0.6) is 5.88 Å². The van der Waals surface area contributed by atoms with Gasteiger partial charge in [0.1, 0.15) is 5.65 Å². The van der Waals surface area contributed by atoms with Crippen molar-refractivity contribution in [3.8, 4) is 5.88 Å². The van der Waals surface area contributed by atoms with E-state index in [1.165, 1.54) is 10.8 Å². The number of hydrogen-bond donors (Lipinski definition) is 1. The minimum atomic E-state index is -0.0769. The zero-order valence-electron chi connectivity index (χ0n) is 11.6. The molecule has 5 heteroatoms. The lowest BCUT2D eigenvalue weighted by molar-refractivity contribution is 0.390. The van der Waals surface area contributed by atoms with Gasteiger partial charge in [-0.05, 0) is 50.4 Å². The quantitative estimate of drug-likeness (QED) is 0.911. The number of rotatable bonds is 4. The first-order valence-electron chi connectivity index (χ1n) is 7.04. The molecule has 3 heterocycles. The third-order valence-corrected chi connectivity index (χ3v) is 3.88. The van der Waals surface area contributed by atoms with Crippen LogP contribution >= 0.6 is 0 Å². The van der Waals surface area contributed by atoms with E-state index in [9.17, 15) is 4.79 Å². The minimum Gasteiger partial charge on any atom is -0.482 e. The van der Waals surface area contributed by atoms with Gasteiger partial charge in [0.05, 0.1) is 7.11 Å². The molecule has 5 nitrogen and oxygen atoms in total. The number of aryl methyl sites for hydroxylation is 1. The summed E-state index contributed by atoms with van der Waals surface area (Å²) in [5.41, 5.74) is 1.44. The zero-order valence-corrected chi connectivity index (χ0v) is 11.6. The van der Waals surface area contributed by atoms with Gasteiger partial charge in [-0.15, -0.1) is 0 Å². The highest BCUT2D eigenvalue weighted by molar-refractivity contribution is 5.42. The van der Waals surface area contributed by atoms with E-state index in [0.29, 0.717) is 17.4 Å². The highest BCUT2D eigenvalue weighted by Gasteiger charge is 2.15. The number of pyridine rings is 1. The minimum absolute atomic E-state index is 0.0769. The summed E-state index contributed by atoms with van der Waals surface area (Å²) in [6, 6.07) is 7.08. The van der Waals surface area contributed by atoms with Crippen molar-refractivity contribution in [3.63, 3.8) is 0 Å². The molecule has 0 bridgehead atoms. The summed E-state index contributed by atoms with van der Waals surface area (Å²) in [6.45, 7) is 2.19. The molecular weight excluding hydrogens is 254 g/mol. The van der Waals surface area contributed by atoms with Crippen LogP contribution in [0.2, 0.25) is 0 Å². The van der Waals surface area contributed by atoms with Crippen molar-refractivity contribution in [2.24, 2.45) is 5.92 Å². The molecule has 1 aliphatic heterocycles. The Morgan fingerprint density at radius 3 is 3.15 bits per heavy atom. The van der Waals surface area contributed by atoms with Crippen LogP contribution in [0.25, 0.3) is 5.65 Å². The Morgan fingerprint density at radius 1 is 1.50 bits per heavy atom. The number of nitrogens with one attached hydrogen (secondary N) is 1. The fourth-order valence-electron chi connectivity index (χ4n) is 2.77. The maximum Gasteiger partial charge on any atom is 0.260 e. The SMILES string of the molecule is COc1cccc2nc(CCC3CCNC3)cc(=O)n12. The number of nitrogens with zero attached hydrogens (tertiary/aromatic N) is 2. The molecule has 1 unspecified atom stereocenters. The van der Waals surface area contributed by atoms with Crippen LogP contribution in [-0.2, 0) is 6.42 Å². The Morgan fingerprint density at radius 2 is 2.40 bits per heavy atom. The van der Waals surface area contributed by atoms with E-state index in [4.69, 9.17) is 4.74 Å². The maximum absolute atomic E-state index is 12.2. The lowest BCUT2D eigenvalue weighted by Gasteiger charge is -2.10. The van der Waals surface area contributed by atoms with Gasteiger partial charge in [-0.1, -0.05) is 6.07 Å². The van der Waals surface area contributed by atoms with Crippen molar-refractivity contribution < 1.29 is 4.74 Å². The van der Waals surface area contributed by atoms with Gasteiger partial charge in [-0.2, -0.15) is 0 Å². The van der Waals surface area contributed by atoms with Crippen LogP contribution in [0, 0.1) is 5.92 Å². The van der Waals surface area contributed by atoms with Gasteiger partial charge in [0.25, 0.3) is 5.56 Å². The second kappa shape index (κ2) is 5.63. The van der Waals surface area contributed by atoms with Gasteiger partial charge in [0.2, 0.25) is 5.88 Å². The number of fused-ring (bicyclic) bond motifs is 1. The largest absolute Gasteiger partial charge is 0.482 e. The Hall–Kier alpha value is -1.88. The Bertz CT molecular complexity index is 660. The van der Waals surface area contributed by atoms with Gasteiger partial charge in [-0.25, -0.2) is 9.38 Å². The molecule has 0 saturated carbocycles. The summed E-state index contributed by atoms with van der Waals surface area (Å²) in [5.74, 6) is 1.23. The highest BCUT2D eigenvalue weighted by atomic mass is 16.5. The lowest BCUT2D eigenvalue weighted by atomic mass is 10.0. The van der Waals surface area contributed by atoms with Gasteiger partial charge in [0, 0.05) is 11.8 Å². The van der Waals surface area contributed by atoms with E-state index < -0.39 is 0 Å². The summed E-state index contributed by atoms with van der Waals surface area (Å²) in [5, 5.41) is 3.36. The average Bonchev–Trinajstić information content (AvgIpc) is 2.97. The number of ether oxygens (including phenoxy) is 1. The van der Waals surface area contributed by atoms with Crippen molar-refractivity contribution in [1.82, 2.24) is 14.7 Å². The molecule has 1 fully saturated rings. The molecular formula is C15H19N3O2. The van der Waals surface area contributed by atoms with Crippen LogP contribution in [0.15, 0.2) is 29.1 Å². The number of hydrogen-bond acceptors (Lipinski definition) is 4. The molecule has 0 spiro atoms. The Labute approximate surface area is 117 Å². The summed E-state index contributed by atoms with van der Waals surface area (Å²) in [6.07, 6.45) is 3.16. The molecule has 1 N–H and O–H groups in total. The Balaban J connectivity index is 1.87. The standard InChI is InChI=1S/C15H19N3O2/c1-20-15-4-2-3-13-17-12(9-14(19)18(13)15)6-5-11-7-8-16-10-11/h2-4,9,11,16H,5-8,10H2,1H3. The third kappa shape index (κ3) is 2.54. The number of aromatic nitrogens is 2. The molecule has 106 valence electrons. The Kier molecular flexibility index (Phi) is 3.69. The topological polar surface area (TPSA) is 55.6 Å². The average molecular weight is 273 g/mol. The molecule has 3 rings (SSSR count). The van der Waals surface area contributed by atoms with Gasteiger partial charge < -0.3 is 10.1 Å². The molecule has 20 heavy (non-hydrogen) atoms. The third-order valence-electron chi connectivity index (χ3n) is 3.88. The van der Waals surface area contributed by atoms with Crippen LogP contribution in [0.3, 0.4) is 0 Å². The van der Waals surface area contributed by atoms with Gasteiger partial charge in [-0.3, -0.25) is 4.79 Å². The molecule has 1 atom stereocenters. The van der Waals surface area contributed by atoms with Crippen molar-refractivity contribution in [2.45, 2.75) is 19.3 Å². The normalized spacial score (nSPS) is 18.6. The van der Waals surface area contributed by atoms with E-state index in [2.05, 4.69) is 10.3 Å². The zero-order chi connectivity index (χ0) is 13.9. The molecule has 2 aromatic heterocycles. The first-order valence-corrected chi connectivity index (χ1v) is 7.04. The first-order chi connectivity index (χ1) is 9.78. The van der Waals surface area contributed by atoms with Crippen LogP contribution in [-0.4, -0.2) is 29.6 Å². The fourth-order valence-corrected chi connectivity index (χ4v) is 2.77. The van der Waals surface area contributed by atoms with Crippen molar-refractivity contribution in [3.05, 3.63) is 40.3 Å². The van der Waals surface area contributed by atoms with E-state index in [0.717, 1.165) is 31.6 Å². The van der Waals surface area contributed by atoms with Crippen LogP contribution in [0.1, 0.15) is 18.5 Å². The smallest absolute Gasteiger partial charge is 0.260 e. The number of methoxy groups -OCH3 is 1. The summed E-state index contributed by atoms with van der Waals surface area (Å²) < 4.78 is 6.70. The lowest BCUT2D eigenvalue weighted by Crippen LogP contribution is -2.17. The summed E-state index contributed by atoms with van der Waals surface area (Å²) >= 11 is 0. The molecule has 0 aromatic carbocycles. The van der Waals surface area contributed by atoms with Gasteiger partial charge in [0.15, 0.2) is 0 Å². The van der Waals surface area contributed by atoms with Crippen LogP contribution < -0.4 is 15.6 Å². The molecule has 0 aliphatic carbocycles. The predicted molar refractivity (Wildman–Crippen MR) is 77.3 cm³/mol. The summed E-state index contributed by atoms with van der Waals surface area (Å²) in [7, 11) is 1.56. The molecule has 0 amide bonds. The van der Waals surface area contributed by atoms with E-state index in [-0.39, 0.29) is 5.56 Å². The molecule has 1 saturated heterocycles. The predicted octanol–water partition coefficient (Wildman–Crippen LogP) is 1.25. The van der Waals surface area contributed by atoms with E-state index >= 15 is 0 Å². The highest BCUT2D eigenvalue weighted by Crippen LogP contribution is 2.16. The fraction of sp³-hybridized carbons (Fsp3) is 0.467. The van der Waals surface area contributed by atoms with Gasteiger partial charge >= 0.3 is 0 Å². The van der Waals surface area contributed by atoms with Crippen molar-refractivity contribution in [2.75, 3.05) is 20.2 Å². The monoisotopic (exact) mass is 273 g/mol. The van der Waals surface area contributed by atoms with E-state index in [1.54, 1.807) is 19.2 Å². The molecule has 1 aliphatic rings.